The minimum Gasteiger partial charge on any atom is -0.506 e. The summed E-state index contributed by atoms with van der Waals surface area (Å²) in [5.41, 5.74) is 1.85. The topological polar surface area (TPSA) is 67.5 Å². The van der Waals surface area contributed by atoms with Crippen LogP contribution in [0.25, 0.3) is 11.0 Å². The molecule has 4 nitrogen and oxygen atoms in total. The van der Waals surface area contributed by atoms with E-state index in [1.807, 2.05) is 6.92 Å². The summed E-state index contributed by atoms with van der Waals surface area (Å²) in [4.78, 5) is 24.1. The number of Topliss-reactive ketones (excluding diaryl/α,β-unsaturated/α-hetero) is 1. The van der Waals surface area contributed by atoms with E-state index in [1.165, 1.54) is 6.07 Å². The summed E-state index contributed by atoms with van der Waals surface area (Å²) in [6.07, 6.45) is 2.62. The predicted molar refractivity (Wildman–Crippen MR) is 88.1 cm³/mol. The van der Waals surface area contributed by atoms with Crippen molar-refractivity contribution in [3.8, 4) is 5.75 Å². The second-order valence-corrected chi connectivity index (χ2v) is 6.47. The van der Waals surface area contributed by atoms with Crippen molar-refractivity contribution in [1.29, 1.82) is 0 Å². The normalized spacial score (nSPS) is 17.7. The predicted octanol–water partition coefficient (Wildman–Crippen LogP) is 3.59. The average molecular weight is 365 g/mol. The van der Waals surface area contributed by atoms with Gasteiger partial charge in [0.1, 0.15) is 11.3 Å². The summed E-state index contributed by atoms with van der Waals surface area (Å²) >= 11 is 3.41. The van der Waals surface area contributed by atoms with Crippen LogP contribution >= 0.6 is 15.9 Å². The van der Waals surface area contributed by atoms with Crippen LogP contribution in [0, 0.1) is 5.92 Å². The third-order valence-electron chi connectivity index (χ3n) is 4.17. The van der Waals surface area contributed by atoms with Gasteiger partial charge in [-0.3, -0.25) is 4.79 Å². The van der Waals surface area contributed by atoms with Gasteiger partial charge in [0.05, 0.1) is 10.9 Å². The Balaban J connectivity index is 2.31. The molecular formula is C17H17BrO4. The Morgan fingerprint density at radius 1 is 1.32 bits per heavy atom. The van der Waals surface area contributed by atoms with Gasteiger partial charge < -0.3 is 9.52 Å². The summed E-state index contributed by atoms with van der Waals surface area (Å²) in [6.45, 7) is 2.00. The minimum atomic E-state index is -0.422. The standard InChI is InChI=1S/C17H17BrO4/c1-2-3-10-7-14(20)22-13-6-11-4-9(8-18)5-12(19)15(11)17(21)16(10)13/h6-7,9,21H,2-5,8H2,1H3. The van der Waals surface area contributed by atoms with Crippen LogP contribution in [-0.2, 0) is 12.8 Å². The van der Waals surface area contributed by atoms with Gasteiger partial charge in [-0.25, -0.2) is 4.79 Å². The maximum atomic E-state index is 12.4. The van der Waals surface area contributed by atoms with E-state index in [0.717, 1.165) is 22.9 Å². The lowest BCUT2D eigenvalue weighted by Gasteiger charge is -2.23. The van der Waals surface area contributed by atoms with Crippen molar-refractivity contribution < 1.29 is 14.3 Å². The Kier molecular flexibility index (Phi) is 4.08. The number of rotatable bonds is 3. The number of phenols is 1. The molecule has 1 atom stereocenters. The van der Waals surface area contributed by atoms with Gasteiger partial charge in [0.25, 0.3) is 0 Å². The number of aromatic hydroxyl groups is 1. The van der Waals surface area contributed by atoms with Gasteiger partial charge in [-0.2, -0.15) is 0 Å². The molecule has 1 aromatic carbocycles. The number of alkyl halides is 1. The van der Waals surface area contributed by atoms with E-state index < -0.39 is 5.63 Å². The van der Waals surface area contributed by atoms with Crippen molar-refractivity contribution in [1.82, 2.24) is 0 Å². The molecule has 0 bridgehead atoms. The fraction of sp³-hybridized carbons (Fsp3) is 0.412. The van der Waals surface area contributed by atoms with Crippen molar-refractivity contribution in [2.24, 2.45) is 5.92 Å². The lowest BCUT2D eigenvalue weighted by Crippen LogP contribution is -2.21. The molecule has 5 heteroatoms. The highest BCUT2D eigenvalue weighted by atomic mass is 79.9. The maximum Gasteiger partial charge on any atom is 0.336 e. The molecule has 0 saturated carbocycles. The third kappa shape index (κ3) is 2.47. The van der Waals surface area contributed by atoms with E-state index in [1.54, 1.807) is 6.07 Å². The zero-order chi connectivity index (χ0) is 15.9. The Morgan fingerprint density at radius 2 is 2.09 bits per heavy atom. The molecule has 0 radical (unpaired) electrons. The van der Waals surface area contributed by atoms with Crippen molar-refractivity contribution in [2.45, 2.75) is 32.6 Å². The molecule has 1 aliphatic rings. The Bertz CT molecular complexity index is 806. The third-order valence-corrected chi connectivity index (χ3v) is 5.08. The molecule has 2 aromatic rings. The molecule has 0 fully saturated rings. The quantitative estimate of drug-likeness (QED) is 0.667. The first-order chi connectivity index (χ1) is 10.5. The first-order valence-corrected chi connectivity index (χ1v) is 8.58. The van der Waals surface area contributed by atoms with E-state index in [-0.39, 0.29) is 17.5 Å². The number of hydrogen-bond acceptors (Lipinski definition) is 4. The summed E-state index contributed by atoms with van der Waals surface area (Å²) in [5.74, 6) is 0.138. The molecule has 1 heterocycles. The molecular weight excluding hydrogens is 348 g/mol. The van der Waals surface area contributed by atoms with Crippen LogP contribution in [0.1, 0.15) is 41.3 Å². The largest absolute Gasteiger partial charge is 0.506 e. The number of carbonyl (C=O) groups is 1. The van der Waals surface area contributed by atoms with E-state index in [4.69, 9.17) is 4.42 Å². The van der Waals surface area contributed by atoms with Crippen molar-refractivity contribution in [3.63, 3.8) is 0 Å². The summed E-state index contributed by atoms with van der Waals surface area (Å²) in [6, 6.07) is 3.16. The Morgan fingerprint density at radius 3 is 2.77 bits per heavy atom. The summed E-state index contributed by atoms with van der Waals surface area (Å²) in [5, 5.41) is 11.9. The van der Waals surface area contributed by atoms with E-state index in [2.05, 4.69) is 15.9 Å². The van der Waals surface area contributed by atoms with Gasteiger partial charge in [0.15, 0.2) is 5.78 Å². The fourth-order valence-electron chi connectivity index (χ4n) is 3.23. The first kappa shape index (κ1) is 15.3. The van der Waals surface area contributed by atoms with Crippen LogP contribution in [0.3, 0.4) is 0 Å². The highest BCUT2D eigenvalue weighted by Gasteiger charge is 2.29. The highest BCUT2D eigenvalue weighted by molar-refractivity contribution is 9.09. The fourth-order valence-corrected chi connectivity index (χ4v) is 3.69. The molecule has 1 unspecified atom stereocenters. The van der Waals surface area contributed by atoms with Crippen molar-refractivity contribution in [3.05, 3.63) is 39.2 Å². The molecule has 0 aliphatic heterocycles. The van der Waals surface area contributed by atoms with Crippen LogP contribution in [0.15, 0.2) is 21.3 Å². The van der Waals surface area contributed by atoms with Gasteiger partial charge in [-0.05, 0) is 36.0 Å². The number of aryl methyl sites for hydroxylation is 1. The molecule has 22 heavy (non-hydrogen) atoms. The number of benzene rings is 1. The second-order valence-electron chi connectivity index (χ2n) is 5.82. The van der Waals surface area contributed by atoms with Gasteiger partial charge in [0, 0.05) is 17.8 Å². The number of halogens is 1. The minimum absolute atomic E-state index is 0.0299. The first-order valence-electron chi connectivity index (χ1n) is 7.45. The van der Waals surface area contributed by atoms with E-state index in [9.17, 15) is 14.7 Å². The lowest BCUT2D eigenvalue weighted by atomic mass is 9.82. The summed E-state index contributed by atoms with van der Waals surface area (Å²) < 4.78 is 5.26. The number of phenolic OH excluding ortho intramolecular Hbond substituents is 1. The number of hydrogen-bond donors (Lipinski definition) is 1. The average Bonchev–Trinajstić information content (AvgIpc) is 2.46. The van der Waals surface area contributed by atoms with Crippen LogP contribution < -0.4 is 5.63 Å². The molecule has 1 aliphatic carbocycles. The molecule has 0 amide bonds. The van der Waals surface area contributed by atoms with Crippen LogP contribution in [0.4, 0.5) is 0 Å². The molecule has 3 rings (SSSR count). The SMILES string of the molecule is CCCc1cc(=O)oc2cc3c(c(O)c12)C(=O)CC(CBr)C3. The molecule has 0 saturated heterocycles. The van der Waals surface area contributed by atoms with Gasteiger partial charge >= 0.3 is 5.63 Å². The Hall–Kier alpha value is -1.62. The van der Waals surface area contributed by atoms with Crippen LogP contribution in [-0.4, -0.2) is 16.2 Å². The zero-order valence-electron chi connectivity index (χ0n) is 12.3. The second kappa shape index (κ2) is 5.88. The zero-order valence-corrected chi connectivity index (χ0v) is 13.9. The maximum absolute atomic E-state index is 12.4. The van der Waals surface area contributed by atoms with Crippen LogP contribution in [0.2, 0.25) is 0 Å². The van der Waals surface area contributed by atoms with Crippen molar-refractivity contribution in [2.75, 3.05) is 5.33 Å². The van der Waals surface area contributed by atoms with Gasteiger partial charge in [0.2, 0.25) is 0 Å². The Labute approximate surface area is 136 Å². The van der Waals surface area contributed by atoms with Gasteiger partial charge in [-0.15, -0.1) is 0 Å². The van der Waals surface area contributed by atoms with Gasteiger partial charge in [-0.1, -0.05) is 29.3 Å². The van der Waals surface area contributed by atoms with E-state index in [0.29, 0.717) is 35.8 Å². The number of carbonyl (C=O) groups excluding carboxylic acids is 1. The lowest BCUT2D eigenvalue weighted by molar-refractivity contribution is 0.0952. The summed E-state index contributed by atoms with van der Waals surface area (Å²) in [7, 11) is 0. The highest BCUT2D eigenvalue weighted by Crippen LogP contribution is 2.39. The molecule has 116 valence electrons. The molecule has 1 N–H and O–H groups in total. The molecule has 0 spiro atoms. The monoisotopic (exact) mass is 364 g/mol. The molecule has 1 aromatic heterocycles. The number of ketones is 1. The van der Waals surface area contributed by atoms with Crippen molar-refractivity contribution >= 4 is 32.7 Å². The smallest absolute Gasteiger partial charge is 0.336 e. The van der Waals surface area contributed by atoms with Crippen LogP contribution in [0.5, 0.6) is 5.75 Å². The number of fused-ring (bicyclic) bond motifs is 2. The van der Waals surface area contributed by atoms with E-state index >= 15 is 0 Å².